The van der Waals surface area contributed by atoms with Crippen LogP contribution in [0.15, 0.2) is 47.6 Å². The number of nitrogens with zero attached hydrogens (tertiary/aromatic N) is 2. The highest BCUT2D eigenvalue weighted by atomic mass is 19.2. The number of carbonyl (C=O) groups is 1. The topological polar surface area (TPSA) is 43.5 Å². The van der Waals surface area contributed by atoms with E-state index < -0.39 is 45.5 Å². The van der Waals surface area contributed by atoms with Crippen molar-refractivity contribution < 1.29 is 27.6 Å². The molecule has 0 spiro atoms. The molecule has 0 atom stereocenters. The lowest BCUT2D eigenvalue weighted by Gasteiger charge is -2.40. The predicted molar refractivity (Wildman–Crippen MR) is 146 cm³/mol. The molecule has 2 saturated heterocycles. The van der Waals surface area contributed by atoms with Gasteiger partial charge in [0.25, 0.3) is 0 Å². The van der Waals surface area contributed by atoms with E-state index in [1.165, 1.54) is 0 Å². The number of aromatic carboxylic acids is 1. The normalized spacial score (nSPS) is 19.9. The van der Waals surface area contributed by atoms with Gasteiger partial charge in [-0.1, -0.05) is 19.9 Å². The van der Waals surface area contributed by atoms with Gasteiger partial charge in [0.2, 0.25) is 0 Å². The van der Waals surface area contributed by atoms with E-state index in [9.17, 15) is 14.3 Å². The van der Waals surface area contributed by atoms with Crippen LogP contribution in [-0.2, 0) is 5.41 Å². The SMILES string of the molecule is Cc1c(F)c(F)c(C(=O)O)c(C2=C3C=CC(=[N+]4CCCC4)C=C3C(C)(C)c3cc(N4CCCC4)ccc32)c1F. The van der Waals surface area contributed by atoms with Crippen LogP contribution in [-0.4, -0.2) is 47.5 Å². The molecule has 0 bridgehead atoms. The standard InChI is InChI=1S/C32H31F3N2O2/c1-18-28(33)26(27(31(38)39)30(35)29(18)34)25-21-10-8-19(36-12-4-5-13-36)16-23(21)32(2,3)24-17-20(9-11-22(24)25)37-14-6-7-15-37/h8-11,16-17H,4-7,12-15H2,1-3H3/p+1. The van der Waals surface area contributed by atoms with Crippen LogP contribution in [0.3, 0.4) is 0 Å². The van der Waals surface area contributed by atoms with Gasteiger partial charge in [-0.25, -0.2) is 22.5 Å². The summed E-state index contributed by atoms with van der Waals surface area (Å²) >= 11 is 0. The zero-order chi connectivity index (χ0) is 27.6. The van der Waals surface area contributed by atoms with Crippen LogP contribution in [0.4, 0.5) is 18.9 Å². The van der Waals surface area contributed by atoms with Crippen LogP contribution in [0.25, 0.3) is 5.57 Å². The minimum Gasteiger partial charge on any atom is -0.478 e. The van der Waals surface area contributed by atoms with Crippen LogP contribution in [0.5, 0.6) is 0 Å². The summed E-state index contributed by atoms with van der Waals surface area (Å²) in [5.41, 5.74) is 3.07. The Morgan fingerprint density at radius 3 is 2.33 bits per heavy atom. The molecule has 1 N–H and O–H groups in total. The Labute approximate surface area is 226 Å². The first kappa shape index (κ1) is 25.7. The Morgan fingerprint density at radius 2 is 1.67 bits per heavy atom. The van der Waals surface area contributed by atoms with Crippen molar-refractivity contribution in [3.8, 4) is 0 Å². The Kier molecular flexibility index (Phi) is 6.08. The number of fused-ring (bicyclic) bond motifs is 2. The number of hydrogen-bond acceptors (Lipinski definition) is 2. The first-order valence-electron chi connectivity index (χ1n) is 13.7. The highest BCUT2D eigenvalue weighted by molar-refractivity contribution is 6.08. The molecule has 0 unspecified atom stereocenters. The molecule has 4 aliphatic rings. The van der Waals surface area contributed by atoms with Gasteiger partial charge in [-0.3, -0.25) is 0 Å². The third-order valence-corrected chi connectivity index (χ3v) is 8.84. The van der Waals surface area contributed by atoms with Crippen molar-refractivity contribution in [2.24, 2.45) is 0 Å². The summed E-state index contributed by atoms with van der Waals surface area (Å²) < 4.78 is 48.1. The molecule has 6 rings (SSSR count). The van der Waals surface area contributed by atoms with E-state index in [-0.39, 0.29) is 5.57 Å². The van der Waals surface area contributed by atoms with Crippen molar-refractivity contribution in [2.45, 2.75) is 51.9 Å². The molecule has 0 aromatic heterocycles. The number of anilines is 1. The zero-order valence-corrected chi connectivity index (χ0v) is 22.5. The molecule has 7 heteroatoms. The lowest BCUT2D eigenvalue weighted by Crippen LogP contribution is -2.32. The Morgan fingerprint density at radius 1 is 0.974 bits per heavy atom. The summed E-state index contributed by atoms with van der Waals surface area (Å²) in [6, 6.07) is 5.96. The maximum Gasteiger partial charge on any atom is 0.339 e. The maximum atomic E-state index is 16.0. The quantitative estimate of drug-likeness (QED) is 0.360. The summed E-state index contributed by atoms with van der Waals surface area (Å²) in [6.07, 6.45) is 10.4. The third kappa shape index (κ3) is 3.88. The van der Waals surface area contributed by atoms with Crippen LogP contribution in [0.2, 0.25) is 0 Å². The molecule has 2 aliphatic carbocycles. The maximum absolute atomic E-state index is 16.0. The molecule has 2 aromatic rings. The molecule has 202 valence electrons. The number of halogens is 3. The molecule has 2 aliphatic heterocycles. The Bertz CT molecular complexity index is 1550. The fourth-order valence-corrected chi connectivity index (χ4v) is 6.65. The fraction of sp³-hybridized carbons (Fsp3) is 0.375. The summed E-state index contributed by atoms with van der Waals surface area (Å²) in [7, 11) is 0. The highest BCUT2D eigenvalue weighted by Crippen LogP contribution is 2.52. The first-order chi connectivity index (χ1) is 18.6. The molecule has 39 heavy (non-hydrogen) atoms. The smallest absolute Gasteiger partial charge is 0.339 e. The summed E-state index contributed by atoms with van der Waals surface area (Å²) in [5, 5.41) is 9.99. The van der Waals surface area contributed by atoms with E-state index in [2.05, 4.69) is 35.5 Å². The van der Waals surface area contributed by atoms with Crippen molar-refractivity contribution >= 4 is 22.9 Å². The first-order valence-corrected chi connectivity index (χ1v) is 13.7. The van der Waals surface area contributed by atoms with E-state index in [1.807, 2.05) is 24.3 Å². The number of carboxylic acids is 1. The van der Waals surface area contributed by atoms with E-state index >= 15 is 8.78 Å². The zero-order valence-electron chi connectivity index (χ0n) is 22.5. The predicted octanol–water partition coefficient (Wildman–Crippen LogP) is 6.55. The number of carboxylic acid groups (broad SMARTS) is 1. The van der Waals surface area contributed by atoms with Gasteiger partial charge < -0.3 is 10.0 Å². The molecule has 0 radical (unpaired) electrons. The molecule has 2 fully saturated rings. The third-order valence-electron chi connectivity index (χ3n) is 8.84. The highest BCUT2D eigenvalue weighted by Gasteiger charge is 2.42. The van der Waals surface area contributed by atoms with Gasteiger partial charge in [0, 0.05) is 65.9 Å². The minimum absolute atomic E-state index is 0.289. The van der Waals surface area contributed by atoms with Gasteiger partial charge in [-0.2, -0.15) is 0 Å². The van der Waals surface area contributed by atoms with E-state index in [0.29, 0.717) is 11.1 Å². The average Bonchev–Trinajstić information content (AvgIpc) is 3.65. The van der Waals surface area contributed by atoms with Crippen molar-refractivity contribution in [2.75, 3.05) is 31.1 Å². The monoisotopic (exact) mass is 533 g/mol. The van der Waals surface area contributed by atoms with Crippen LogP contribution < -0.4 is 4.90 Å². The molecule has 0 amide bonds. The second-order valence-corrected chi connectivity index (χ2v) is 11.5. The largest absolute Gasteiger partial charge is 0.478 e. The lowest BCUT2D eigenvalue weighted by atomic mass is 9.64. The summed E-state index contributed by atoms with van der Waals surface area (Å²) in [4.78, 5) is 14.6. The molecular weight excluding hydrogens is 501 g/mol. The van der Waals surface area contributed by atoms with Crippen molar-refractivity contribution in [1.29, 1.82) is 0 Å². The van der Waals surface area contributed by atoms with Gasteiger partial charge in [0.05, 0.1) is 0 Å². The van der Waals surface area contributed by atoms with Crippen molar-refractivity contribution in [3.63, 3.8) is 0 Å². The van der Waals surface area contributed by atoms with E-state index in [0.717, 1.165) is 81.3 Å². The second kappa shape index (κ2) is 9.25. The molecule has 0 saturated carbocycles. The van der Waals surface area contributed by atoms with Gasteiger partial charge in [0.15, 0.2) is 17.3 Å². The minimum atomic E-state index is -1.71. The summed E-state index contributed by atoms with van der Waals surface area (Å²) in [6.45, 7) is 9.18. The summed E-state index contributed by atoms with van der Waals surface area (Å²) in [5.74, 6) is -5.77. The molecular formula is C32H32F3N2O2+. The number of benzene rings is 2. The van der Waals surface area contributed by atoms with Crippen LogP contribution >= 0.6 is 0 Å². The molecule has 4 nitrogen and oxygen atoms in total. The van der Waals surface area contributed by atoms with Gasteiger partial charge in [0.1, 0.15) is 24.5 Å². The van der Waals surface area contributed by atoms with E-state index in [4.69, 9.17) is 0 Å². The average molecular weight is 534 g/mol. The number of allylic oxidation sites excluding steroid dienone is 5. The lowest BCUT2D eigenvalue weighted by molar-refractivity contribution is -0.504. The fourth-order valence-electron chi connectivity index (χ4n) is 6.65. The van der Waals surface area contributed by atoms with Crippen molar-refractivity contribution in [1.82, 2.24) is 0 Å². The van der Waals surface area contributed by atoms with Gasteiger partial charge in [-0.05, 0) is 60.2 Å². The molecule has 2 aromatic carbocycles. The second-order valence-electron chi connectivity index (χ2n) is 11.5. The Balaban J connectivity index is 1.70. The number of hydrogen-bond donors (Lipinski definition) is 1. The van der Waals surface area contributed by atoms with Crippen LogP contribution in [0, 0.1) is 24.4 Å². The van der Waals surface area contributed by atoms with Crippen LogP contribution in [0.1, 0.15) is 72.1 Å². The molecule has 2 heterocycles. The van der Waals surface area contributed by atoms with E-state index in [1.54, 1.807) is 0 Å². The van der Waals surface area contributed by atoms with Crippen molar-refractivity contribution in [3.05, 3.63) is 92.8 Å². The van der Waals surface area contributed by atoms with Gasteiger partial charge >= 0.3 is 5.97 Å². The Hall–Kier alpha value is -3.61. The van der Waals surface area contributed by atoms with Gasteiger partial charge in [-0.15, -0.1) is 0 Å². The number of rotatable bonds is 3.